The van der Waals surface area contributed by atoms with E-state index in [1.807, 2.05) is 6.92 Å². The molecule has 0 aromatic carbocycles. The van der Waals surface area contributed by atoms with E-state index in [0.717, 1.165) is 0 Å². The number of aryl methyl sites for hydroxylation is 1. The third-order valence-electron chi connectivity index (χ3n) is 3.59. The van der Waals surface area contributed by atoms with Crippen molar-refractivity contribution in [2.45, 2.75) is 65.1 Å². The third-order valence-corrected chi connectivity index (χ3v) is 9.56. The fourth-order valence-corrected chi connectivity index (χ4v) is 8.09. The zero-order valence-corrected chi connectivity index (χ0v) is 13.1. The summed E-state index contributed by atoms with van der Waals surface area (Å²) in [6.07, 6.45) is 1.63. The lowest BCUT2D eigenvalue weighted by molar-refractivity contribution is 0.458. The predicted octanol–water partition coefficient (Wildman–Crippen LogP) is 4.54. The lowest BCUT2D eigenvalue weighted by Gasteiger charge is -2.41. The summed E-state index contributed by atoms with van der Waals surface area (Å²) in [7, 11) is -1.88. The van der Waals surface area contributed by atoms with Crippen LogP contribution in [0.1, 0.15) is 47.4 Å². The maximum atomic E-state index is 6.34. The van der Waals surface area contributed by atoms with Crippen molar-refractivity contribution in [1.29, 1.82) is 0 Å². The van der Waals surface area contributed by atoms with Crippen LogP contribution in [-0.4, -0.2) is 13.3 Å². The van der Waals surface area contributed by atoms with Gasteiger partial charge in [0, 0.05) is 6.92 Å². The topological polar surface area (TPSA) is 35.3 Å². The van der Waals surface area contributed by atoms with Crippen LogP contribution < -0.4 is 4.43 Å². The van der Waals surface area contributed by atoms with E-state index in [0.29, 0.717) is 28.4 Å². The van der Waals surface area contributed by atoms with Gasteiger partial charge in [0.2, 0.25) is 5.88 Å². The number of hydrogen-bond acceptors (Lipinski definition) is 3. The molecule has 1 rings (SSSR count). The second kappa shape index (κ2) is 5.25. The summed E-state index contributed by atoms with van der Waals surface area (Å²) in [5.41, 5.74) is 1.67. The maximum Gasteiger partial charge on any atom is 0.260 e. The number of nitrogens with zero attached hydrogens (tertiary/aromatic N) is 1. The Labute approximate surface area is 106 Å². The van der Waals surface area contributed by atoms with Gasteiger partial charge in [0.15, 0.2) is 12.2 Å². The van der Waals surface area contributed by atoms with Gasteiger partial charge in [-0.25, -0.2) is 0 Å². The molecule has 0 saturated heterocycles. The van der Waals surface area contributed by atoms with E-state index in [1.54, 1.807) is 6.26 Å². The van der Waals surface area contributed by atoms with Gasteiger partial charge in [-0.2, -0.15) is 4.98 Å². The lowest BCUT2D eigenvalue weighted by Crippen LogP contribution is -2.50. The van der Waals surface area contributed by atoms with Crippen LogP contribution in [0.3, 0.4) is 0 Å². The molecule has 98 valence electrons. The third kappa shape index (κ3) is 2.73. The van der Waals surface area contributed by atoms with Crippen molar-refractivity contribution in [1.82, 2.24) is 4.98 Å². The molecule has 0 fully saturated rings. The molecule has 0 bridgehead atoms. The number of oxazole rings is 1. The molecule has 0 aliphatic heterocycles. The molecule has 1 aromatic rings. The minimum absolute atomic E-state index is 0.555. The van der Waals surface area contributed by atoms with Crippen LogP contribution in [0.4, 0.5) is 0 Å². The maximum absolute atomic E-state index is 6.34. The van der Waals surface area contributed by atoms with E-state index >= 15 is 0 Å². The molecule has 17 heavy (non-hydrogen) atoms. The number of rotatable bonds is 5. The molecule has 0 aliphatic rings. The van der Waals surface area contributed by atoms with E-state index in [2.05, 4.69) is 46.5 Å². The van der Waals surface area contributed by atoms with E-state index in [9.17, 15) is 0 Å². The first-order chi connectivity index (χ1) is 7.80. The standard InChI is InChI=1S/C13H25NO2Si/c1-9(2)17(10(3)4,11(5)6)16-13-8-15-12(7)14-13/h8-11H,1-7H3. The smallest absolute Gasteiger partial charge is 0.260 e. The second-order valence-electron chi connectivity index (χ2n) is 5.62. The zero-order chi connectivity index (χ0) is 13.2. The van der Waals surface area contributed by atoms with Crippen LogP contribution in [0.5, 0.6) is 5.88 Å². The Bertz CT molecular complexity index is 336. The van der Waals surface area contributed by atoms with Crippen LogP contribution >= 0.6 is 0 Å². The molecule has 0 aliphatic carbocycles. The van der Waals surface area contributed by atoms with E-state index in [4.69, 9.17) is 8.84 Å². The van der Waals surface area contributed by atoms with Gasteiger partial charge in [-0.15, -0.1) is 0 Å². The van der Waals surface area contributed by atoms with Crippen LogP contribution in [0.15, 0.2) is 10.7 Å². The molecular weight excluding hydrogens is 230 g/mol. The minimum atomic E-state index is -1.88. The normalized spacial score (nSPS) is 12.8. The predicted molar refractivity (Wildman–Crippen MR) is 72.9 cm³/mol. The van der Waals surface area contributed by atoms with Crippen molar-refractivity contribution in [3.63, 3.8) is 0 Å². The molecule has 4 heteroatoms. The summed E-state index contributed by atoms with van der Waals surface area (Å²) in [6.45, 7) is 15.4. The highest BCUT2D eigenvalue weighted by molar-refractivity contribution is 6.78. The monoisotopic (exact) mass is 255 g/mol. The fourth-order valence-electron chi connectivity index (χ4n) is 2.93. The van der Waals surface area contributed by atoms with E-state index < -0.39 is 8.32 Å². The highest BCUT2D eigenvalue weighted by Gasteiger charge is 2.47. The average Bonchev–Trinajstić information content (AvgIpc) is 2.58. The first-order valence-corrected chi connectivity index (χ1v) is 8.55. The van der Waals surface area contributed by atoms with E-state index in [1.165, 1.54) is 0 Å². The van der Waals surface area contributed by atoms with Gasteiger partial charge in [0.05, 0.1) is 0 Å². The molecule has 0 spiro atoms. The molecule has 0 unspecified atom stereocenters. The quantitative estimate of drug-likeness (QED) is 0.725. The van der Waals surface area contributed by atoms with Crippen molar-refractivity contribution >= 4 is 8.32 Å². The Morgan fingerprint density at radius 2 is 1.53 bits per heavy atom. The van der Waals surface area contributed by atoms with E-state index in [-0.39, 0.29) is 0 Å². The van der Waals surface area contributed by atoms with Gasteiger partial charge in [0.25, 0.3) is 8.32 Å². The Hall–Kier alpha value is -0.773. The molecular formula is C13H25NO2Si. The van der Waals surface area contributed by atoms with Crippen molar-refractivity contribution in [2.75, 3.05) is 0 Å². The van der Waals surface area contributed by atoms with Gasteiger partial charge in [-0.3, -0.25) is 0 Å². The lowest BCUT2D eigenvalue weighted by atomic mass is 10.5. The van der Waals surface area contributed by atoms with Crippen molar-refractivity contribution in [2.24, 2.45) is 0 Å². The van der Waals surface area contributed by atoms with Gasteiger partial charge < -0.3 is 8.84 Å². The highest BCUT2D eigenvalue weighted by Crippen LogP contribution is 2.42. The van der Waals surface area contributed by atoms with Gasteiger partial charge in [-0.05, 0) is 16.6 Å². The minimum Gasteiger partial charge on any atom is -0.528 e. The summed E-state index contributed by atoms with van der Waals surface area (Å²) in [5, 5.41) is 0. The van der Waals surface area contributed by atoms with Crippen LogP contribution in [-0.2, 0) is 0 Å². The zero-order valence-electron chi connectivity index (χ0n) is 12.1. The van der Waals surface area contributed by atoms with Crippen molar-refractivity contribution in [3.8, 4) is 5.88 Å². The Kier molecular flexibility index (Phi) is 4.41. The molecule has 0 saturated carbocycles. The summed E-state index contributed by atoms with van der Waals surface area (Å²) in [4.78, 5) is 4.29. The highest BCUT2D eigenvalue weighted by atomic mass is 28.4. The first-order valence-electron chi connectivity index (χ1n) is 6.41. The second-order valence-corrected chi connectivity index (χ2v) is 11.0. The van der Waals surface area contributed by atoms with Crippen LogP contribution in [0, 0.1) is 6.92 Å². The molecule has 0 amide bonds. The van der Waals surface area contributed by atoms with Crippen LogP contribution in [0.25, 0.3) is 0 Å². The molecule has 0 radical (unpaired) electrons. The van der Waals surface area contributed by atoms with Gasteiger partial charge in [-0.1, -0.05) is 41.5 Å². The largest absolute Gasteiger partial charge is 0.528 e. The first kappa shape index (κ1) is 14.3. The summed E-state index contributed by atoms with van der Waals surface area (Å²) in [6, 6.07) is 0. The van der Waals surface area contributed by atoms with Gasteiger partial charge in [0.1, 0.15) is 0 Å². The number of hydrogen-bond donors (Lipinski definition) is 0. The van der Waals surface area contributed by atoms with Crippen molar-refractivity contribution in [3.05, 3.63) is 12.2 Å². The Morgan fingerprint density at radius 3 is 1.82 bits per heavy atom. The van der Waals surface area contributed by atoms with Crippen molar-refractivity contribution < 1.29 is 8.84 Å². The molecule has 0 N–H and O–H groups in total. The summed E-state index contributed by atoms with van der Waals surface area (Å²) >= 11 is 0. The van der Waals surface area contributed by atoms with Crippen LogP contribution in [0.2, 0.25) is 16.6 Å². The SMILES string of the molecule is Cc1nc(O[Si](C(C)C)(C(C)C)C(C)C)co1. The number of aromatic nitrogens is 1. The fraction of sp³-hybridized carbons (Fsp3) is 0.769. The van der Waals surface area contributed by atoms with Gasteiger partial charge >= 0.3 is 0 Å². The summed E-state index contributed by atoms with van der Waals surface area (Å²) in [5.74, 6) is 1.32. The molecule has 1 aromatic heterocycles. The Balaban J connectivity index is 3.06. The molecule has 1 heterocycles. The molecule has 0 atom stereocenters. The average molecular weight is 255 g/mol. The summed E-state index contributed by atoms with van der Waals surface area (Å²) < 4.78 is 11.6. The molecule has 3 nitrogen and oxygen atoms in total. The Morgan fingerprint density at radius 1 is 1.06 bits per heavy atom.